The van der Waals surface area contributed by atoms with E-state index in [1.807, 2.05) is 36.4 Å². The van der Waals surface area contributed by atoms with Gasteiger partial charge in [0.1, 0.15) is 0 Å². The SMILES string of the molecule is O=C(CSCc1ccccc1)Nc1nnc(-c2ccc3c(c2)CCCC3)o1. The van der Waals surface area contributed by atoms with E-state index >= 15 is 0 Å². The standard InChI is InChI=1S/C21H21N3O2S/c25-19(14-27-13-15-6-2-1-3-7-15)22-21-24-23-20(26-21)18-11-10-16-8-4-5-9-17(16)12-18/h1-3,6-7,10-12H,4-5,8-9,13-14H2,(H,22,24,25). The number of nitrogens with one attached hydrogen (secondary N) is 1. The van der Waals surface area contributed by atoms with Crippen molar-refractivity contribution in [3.8, 4) is 11.5 Å². The molecule has 0 aliphatic heterocycles. The number of aromatic nitrogens is 2. The number of rotatable bonds is 6. The maximum Gasteiger partial charge on any atom is 0.322 e. The number of carbonyl (C=O) groups is 1. The average Bonchev–Trinajstić information content (AvgIpc) is 3.17. The summed E-state index contributed by atoms with van der Waals surface area (Å²) in [7, 11) is 0. The van der Waals surface area contributed by atoms with E-state index in [2.05, 4.69) is 27.6 Å². The molecular formula is C21H21N3O2S. The van der Waals surface area contributed by atoms with Gasteiger partial charge in [0.15, 0.2) is 0 Å². The highest BCUT2D eigenvalue weighted by Gasteiger charge is 2.15. The predicted octanol–water partition coefficient (Wildman–Crippen LogP) is 4.49. The molecule has 0 atom stereocenters. The minimum atomic E-state index is -0.142. The maximum absolute atomic E-state index is 12.1. The molecule has 1 N–H and O–H groups in total. The van der Waals surface area contributed by atoms with Crippen LogP contribution >= 0.6 is 11.8 Å². The molecule has 1 heterocycles. The number of hydrogen-bond donors (Lipinski definition) is 1. The molecule has 27 heavy (non-hydrogen) atoms. The number of anilines is 1. The Morgan fingerprint density at radius 1 is 1.04 bits per heavy atom. The first-order valence-electron chi connectivity index (χ1n) is 9.15. The van der Waals surface area contributed by atoms with Gasteiger partial charge in [-0.05, 0) is 54.5 Å². The third kappa shape index (κ3) is 4.57. The second-order valence-electron chi connectivity index (χ2n) is 6.63. The summed E-state index contributed by atoms with van der Waals surface area (Å²) in [5.74, 6) is 1.43. The van der Waals surface area contributed by atoms with E-state index < -0.39 is 0 Å². The first kappa shape index (κ1) is 17.8. The summed E-state index contributed by atoms with van der Waals surface area (Å²) in [5, 5.41) is 10.7. The monoisotopic (exact) mass is 379 g/mol. The molecule has 138 valence electrons. The number of benzene rings is 2. The van der Waals surface area contributed by atoms with Crippen LogP contribution in [0, 0.1) is 0 Å². The summed E-state index contributed by atoms with van der Waals surface area (Å²) in [4.78, 5) is 12.1. The van der Waals surface area contributed by atoms with Crippen LogP contribution in [-0.4, -0.2) is 21.9 Å². The third-order valence-electron chi connectivity index (χ3n) is 4.61. The summed E-state index contributed by atoms with van der Waals surface area (Å²) >= 11 is 1.55. The minimum absolute atomic E-state index is 0.142. The molecule has 1 aliphatic rings. The summed E-state index contributed by atoms with van der Waals surface area (Å²) < 4.78 is 5.63. The van der Waals surface area contributed by atoms with Gasteiger partial charge in [0.05, 0.1) is 5.75 Å². The van der Waals surface area contributed by atoms with Crippen LogP contribution < -0.4 is 5.32 Å². The number of carbonyl (C=O) groups excluding carboxylic acids is 1. The van der Waals surface area contributed by atoms with Gasteiger partial charge in [-0.25, -0.2) is 0 Å². The Kier molecular flexibility index (Phi) is 5.53. The van der Waals surface area contributed by atoms with Gasteiger partial charge in [-0.2, -0.15) is 0 Å². The lowest BCUT2D eigenvalue weighted by Crippen LogP contribution is -2.14. The number of nitrogens with zero attached hydrogens (tertiary/aromatic N) is 2. The Labute approximate surface area is 162 Å². The second kappa shape index (κ2) is 8.39. The number of thioether (sulfide) groups is 1. The number of fused-ring (bicyclic) bond motifs is 1. The average molecular weight is 379 g/mol. The summed E-state index contributed by atoms with van der Waals surface area (Å²) in [6, 6.07) is 16.5. The van der Waals surface area contributed by atoms with E-state index in [0.29, 0.717) is 11.6 Å². The van der Waals surface area contributed by atoms with Gasteiger partial charge in [0.25, 0.3) is 0 Å². The molecule has 0 spiro atoms. The van der Waals surface area contributed by atoms with E-state index in [4.69, 9.17) is 4.42 Å². The van der Waals surface area contributed by atoms with E-state index in [9.17, 15) is 4.79 Å². The highest BCUT2D eigenvalue weighted by Crippen LogP contribution is 2.27. The number of amides is 1. The molecule has 0 fully saturated rings. The molecule has 0 saturated carbocycles. The zero-order chi connectivity index (χ0) is 18.5. The van der Waals surface area contributed by atoms with Crippen molar-refractivity contribution in [2.45, 2.75) is 31.4 Å². The van der Waals surface area contributed by atoms with Gasteiger partial charge < -0.3 is 4.42 Å². The summed E-state index contributed by atoms with van der Waals surface area (Å²) in [5.41, 5.74) is 4.87. The summed E-state index contributed by atoms with van der Waals surface area (Å²) in [6.45, 7) is 0. The van der Waals surface area contributed by atoms with Crippen LogP contribution in [0.3, 0.4) is 0 Å². The lowest BCUT2D eigenvalue weighted by Gasteiger charge is -2.15. The van der Waals surface area contributed by atoms with Crippen LogP contribution in [0.25, 0.3) is 11.5 Å². The van der Waals surface area contributed by atoms with Crippen molar-refractivity contribution < 1.29 is 9.21 Å². The Hall–Kier alpha value is -2.60. The van der Waals surface area contributed by atoms with Gasteiger partial charge >= 0.3 is 6.01 Å². The topological polar surface area (TPSA) is 68.0 Å². The van der Waals surface area contributed by atoms with Crippen molar-refractivity contribution in [2.24, 2.45) is 0 Å². The first-order chi connectivity index (χ1) is 13.3. The molecule has 4 rings (SSSR count). The Morgan fingerprint density at radius 2 is 1.85 bits per heavy atom. The lowest BCUT2D eigenvalue weighted by atomic mass is 9.90. The van der Waals surface area contributed by atoms with Gasteiger partial charge in [-0.1, -0.05) is 41.5 Å². The minimum Gasteiger partial charge on any atom is -0.403 e. The summed E-state index contributed by atoms with van der Waals surface area (Å²) in [6.07, 6.45) is 4.72. The molecule has 1 aromatic heterocycles. The fraction of sp³-hybridized carbons (Fsp3) is 0.286. The largest absolute Gasteiger partial charge is 0.403 e. The number of hydrogen-bond acceptors (Lipinski definition) is 5. The van der Waals surface area contributed by atoms with E-state index in [0.717, 1.165) is 24.2 Å². The third-order valence-corrected chi connectivity index (χ3v) is 5.62. The molecular weight excluding hydrogens is 358 g/mol. The van der Waals surface area contributed by atoms with Crippen molar-refractivity contribution in [1.82, 2.24) is 10.2 Å². The molecule has 0 radical (unpaired) electrons. The van der Waals surface area contributed by atoms with Crippen molar-refractivity contribution >= 4 is 23.7 Å². The van der Waals surface area contributed by atoms with Crippen LogP contribution in [0.15, 0.2) is 52.9 Å². The van der Waals surface area contributed by atoms with Crippen molar-refractivity contribution in [3.05, 3.63) is 65.2 Å². The Morgan fingerprint density at radius 3 is 2.70 bits per heavy atom. The van der Waals surface area contributed by atoms with Gasteiger partial charge in [-0.15, -0.1) is 16.9 Å². The van der Waals surface area contributed by atoms with Crippen LogP contribution in [0.4, 0.5) is 6.01 Å². The van der Waals surface area contributed by atoms with Crippen LogP contribution in [0.5, 0.6) is 0 Å². The van der Waals surface area contributed by atoms with Crippen molar-refractivity contribution in [2.75, 3.05) is 11.1 Å². The highest BCUT2D eigenvalue weighted by atomic mass is 32.2. The predicted molar refractivity (Wildman–Crippen MR) is 108 cm³/mol. The molecule has 3 aromatic rings. The van der Waals surface area contributed by atoms with Gasteiger partial charge in [0, 0.05) is 11.3 Å². The zero-order valence-electron chi connectivity index (χ0n) is 15.0. The smallest absolute Gasteiger partial charge is 0.322 e. The van der Waals surface area contributed by atoms with E-state index in [1.165, 1.54) is 29.5 Å². The normalized spacial score (nSPS) is 13.2. The zero-order valence-corrected chi connectivity index (χ0v) is 15.8. The molecule has 1 aliphatic carbocycles. The molecule has 2 aromatic carbocycles. The van der Waals surface area contributed by atoms with Gasteiger partial charge in [0.2, 0.25) is 11.8 Å². The van der Waals surface area contributed by atoms with Gasteiger partial charge in [-0.3, -0.25) is 10.1 Å². The second-order valence-corrected chi connectivity index (χ2v) is 7.62. The van der Waals surface area contributed by atoms with Crippen LogP contribution in [0.1, 0.15) is 29.5 Å². The van der Waals surface area contributed by atoms with Crippen molar-refractivity contribution in [1.29, 1.82) is 0 Å². The quantitative estimate of drug-likeness (QED) is 0.683. The lowest BCUT2D eigenvalue weighted by molar-refractivity contribution is -0.113. The Balaban J connectivity index is 1.33. The van der Waals surface area contributed by atoms with E-state index in [-0.39, 0.29) is 11.9 Å². The molecule has 1 amide bonds. The fourth-order valence-electron chi connectivity index (χ4n) is 3.25. The molecule has 0 saturated heterocycles. The van der Waals surface area contributed by atoms with Crippen molar-refractivity contribution in [3.63, 3.8) is 0 Å². The first-order valence-corrected chi connectivity index (χ1v) is 10.3. The molecule has 5 nitrogen and oxygen atoms in total. The molecule has 6 heteroatoms. The number of aryl methyl sites for hydroxylation is 2. The van der Waals surface area contributed by atoms with Crippen LogP contribution in [-0.2, 0) is 23.4 Å². The highest BCUT2D eigenvalue weighted by molar-refractivity contribution is 7.99. The molecule has 0 unspecified atom stereocenters. The molecule has 0 bridgehead atoms. The van der Waals surface area contributed by atoms with Crippen LogP contribution in [0.2, 0.25) is 0 Å². The van der Waals surface area contributed by atoms with E-state index in [1.54, 1.807) is 11.8 Å². The Bertz CT molecular complexity index is 924. The maximum atomic E-state index is 12.1. The fourth-order valence-corrected chi connectivity index (χ4v) is 4.04.